The van der Waals surface area contributed by atoms with Crippen LogP contribution < -0.4 is 5.73 Å². The van der Waals surface area contributed by atoms with Gasteiger partial charge < -0.3 is 10.5 Å². The predicted molar refractivity (Wildman–Crippen MR) is 78.0 cm³/mol. The first-order valence-electron chi connectivity index (χ1n) is 5.44. The van der Waals surface area contributed by atoms with Crippen LogP contribution in [0.3, 0.4) is 0 Å². The Hall–Kier alpha value is -0.390. The number of nitrogens with two attached hydrogens (primary N) is 1. The highest BCUT2D eigenvalue weighted by molar-refractivity contribution is 9.10. The van der Waals surface area contributed by atoms with Gasteiger partial charge in [0.1, 0.15) is 5.38 Å². The summed E-state index contributed by atoms with van der Waals surface area (Å²) in [5.74, 6) is -0.379. The van der Waals surface area contributed by atoms with Crippen LogP contribution in [0.15, 0.2) is 27.6 Å². The van der Waals surface area contributed by atoms with E-state index in [0.29, 0.717) is 5.69 Å². The smallest absolute Gasteiger partial charge is 0.325 e. The minimum Gasteiger partial charge on any atom is -0.468 e. The average molecular weight is 351 g/mol. The van der Waals surface area contributed by atoms with E-state index in [0.717, 1.165) is 22.2 Å². The average Bonchev–Trinajstić information content (AvgIpc) is 3.13. The second-order valence-corrected chi connectivity index (χ2v) is 7.04. The number of thioether (sulfide) groups is 1. The third-order valence-corrected chi connectivity index (χ3v) is 5.74. The fraction of sp³-hybridized carbons (Fsp3) is 0.417. The topological polar surface area (TPSA) is 52.3 Å². The molecule has 18 heavy (non-hydrogen) atoms. The molecule has 0 amide bonds. The number of alkyl halides is 1. The van der Waals surface area contributed by atoms with Crippen LogP contribution in [0.5, 0.6) is 0 Å². The summed E-state index contributed by atoms with van der Waals surface area (Å²) >= 11 is 11.2. The van der Waals surface area contributed by atoms with Crippen LogP contribution in [0.25, 0.3) is 0 Å². The SMILES string of the molecule is COC(=O)C(Cl)C1(Sc2cc(Br)ccc2N)CC1. The number of ether oxygens (including phenoxy) is 1. The summed E-state index contributed by atoms with van der Waals surface area (Å²) in [5.41, 5.74) is 6.63. The molecule has 98 valence electrons. The van der Waals surface area contributed by atoms with E-state index in [1.54, 1.807) is 11.8 Å². The van der Waals surface area contributed by atoms with Gasteiger partial charge in [-0.2, -0.15) is 0 Å². The lowest BCUT2D eigenvalue weighted by atomic mass is 10.3. The van der Waals surface area contributed by atoms with Gasteiger partial charge in [-0.1, -0.05) is 15.9 Å². The molecule has 1 aliphatic rings. The van der Waals surface area contributed by atoms with Crippen molar-refractivity contribution in [1.82, 2.24) is 0 Å². The summed E-state index contributed by atoms with van der Waals surface area (Å²) in [5, 5.41) is -0.633. The van der Waals surface area contributed by atoms with Gasteiger partial charge in [0.15, 0.2) is 0 Å². The van der Waals surface area contributed by atoms with Crippen LogP contribution in [0, 0.1) is 0 Å². The fourth-order valence-electron chi connectivity index (χ4n) is 1.66. The van der Waals surface area contributed by atoms with E-state index in [1.807, 2.05) is 18.2 Å². The maximum absolute atomic E-state index is 11.5. The molecule has 1 aromatic carbocycles. The van der Waals surface area contributed by atoms with Crippen LogP contribution in [-0.2, 0) is 9.53 Å². The minimum absolute atomic E-state index is 0.274. The first-order valence-corrected chi connectivity index (χ1v) is 7.49. The van der Waals surface area contributed by atoms with Gasteiger partial charge in [-0.25, -0.2) is 0 Å². The Labute approximate surface area is 124 Å². The minimum atomic E-state index is -0.633. The Balaban J connectivity index is 2.18. The summed E-state index contributed by atoms with van der Waals surface area (Å²) in [6.45, 7) is 0. The number of hydrogen-bond donors (Lipinski definition) is 1. The molecule has 0 aromatic heterocycles. The standard InChI is InChI=1S/C12H13BrClNO2S/c1-17-11(16)10(14)12(4-5-12)18-9-6-7(13)2-3-8(9)15/h2-3,6,10H,4-5,15H2,1H3. The van der Waals surface area contributed by atoms with Gasteiger partial charge in [0, 0.05) is 19.8 Å². The number of nitrogen functional groups attached to an aromatic ring is 1. The number of hydrogen-bond acceptors (Lipinski definition) is 4. The lowest BCUT2D eigenvalue weighted by Crippen LogP contribution is -2.29. The molecule has 1 unspecified atom stereocenters. The Bertz CT molecular complexity index is 479. The molecule has 2 rings (SSSR count). The maximum Gasteiger partial charge on any atom is 0.325 e. The van der Waals surface area contributed by atoms with E-state index in [2.05, 4.69) is 15.9 Å². The van der Waals surface area contributed by atoms with Crippen molar-refractivity contribution >= 4 is 50.9 Å². The van der Waals surface area contributed by atoms with Gasteiger partial charge >= 0.3 is 5.97 Å². The second kappa shape index (κ2) is 5.31. The number of carbonyl (C=O) groups excluding carboxylic acids is 1. The Morgan fingerprint density at radius 2 is 2.28 bits per heavy atom. The van der Waals surface area contributed by atoms with Gasteiger partial charge in [0.05, 0.1) is 7.11 Å². The molecule has 0 radical (unpaired) electrons. The molecule has 0 spiro atoms. The Morgan fingerprint density at radius 3 is 2.83 bits per heavy atom. The number of halogens is 2. The lowest BCUT2D eigenvalue weighted by molar-refractivity contribution is -0.140. The molecule has 0 heterocycles. The van der Waals surface area contributed by atoms with Gasteiger partial charge in [-0.3, -0.25) is 4.79 Å². The number of methoxy groups -OCH3 is 1. The van der Waals surface area contributed by atoms with Crippen molar-refractivity contribution < 1.29 is 9.53 Å². The third kappa shape index (κ3) is 2.78. The number of benzene rings is 1. The van der Waals surface area contributed by atoms with Crippen molar-refractivity contribution in [3.8, 4) is 0 Å². The van der Waals surface area contributed by atoms with Crippen LogP contribution >= 0.6 is 39.3 Å². The Morgan fingerprint density at radius 1 is 1.61 bits per heavy atom. The van der Waals surface area contributed by atoms with Crippen molar-refractivity contribution in [2.45, 2.75) is 27.9 Å². The van der Waals surface area contributed by atoms with Crippen molar-refractivity contribution in [3.63, 3.8) is 0 Å². The van der Waals surface area contributed by atoms with E-state index in [9.17, 15) is 4.79 Å². The van der Waals surface area contributed by atoms with Gasteiger partial charge in [0.2, 0.25) is 0 Å². The molecule has 1 aromatic rings. The van der Waals surface area contributed by atoms with Crippen molar-refractivity contribution in [1.29, 1.82) is 0 Å². The quantitative estimate of drug-likeness (QED) is 0.513. The number of carbonyl (C=O) groups is 1. The maximum atomic E-state index is 11.5. The molecule has 3 nitrogen and oxygen atoms in total. The van der Waals surface area contributed by atoms with Crippen LogP contribution in [0.2, 0.25) is 0 Å². The van der Waals surface area contributed by atoms with E-state index < -0.39 is 5.38 Å². The van der Waals surface area contributed by atoms with E-state index in [1.165, 1.54) is 7.11 Å². The molecule has 1 aliphatic carbocycles. The summed E-state index contributed by atoms with van der Waals surface area (Å²) in [7, 11) is 1.35. The first-order chi connectivity index (χ1) is 8.48. The zero-order valence-electron chi connectivity index (χ0n) is 9.78. The summed E-state index contributed by atoms with van der Waals surface area (Å²) in [6.07, 6.45) is 1.79. The number of rotatable bonds is 4. The van der Waals surface area contributed by atoms with Gasteiger partial charge in [-0.15, -0.1) is 23.4 Å². The molecule has 0 bridgehead atoms. The van der Waals surface area contributed by atoms with E-state index in [-0.39, 0.29) is 10.7 Å². The zero-order chi connectivity index (χ0) is 13.3. The highest BCUT2D eigenvalue weighted by Crippen LogP contribution is 2.57. The molecule has 1 atom stereocenters. The van der Waals surface area contributed by atoms with Crippen molar-refractivity contribution in [2.75, 3.05) is 12.8 Å². The zero-order valence-corrected chi connectivity index (χ0v) is 12.9. The molecule has 1 fully saturated rings. The summed E-state index contributed by atoms with van der Waals surface area (Å²) in [6, 6.07) is 5.67. The molecular weight excluding hydrogens is 338 g/mol. The van der Waals surface area contributed by atoms with Gasteiger partial charge in [0.25, 0.3) is 0 Å². The molecular formula is C12H13BrClNO2S. The molecule has 6 heteroatoms. The molecule has 0 aliphatic heterocycles. The van der Waals surface area contributed by atoms with Gasteiger partial charge in [-0.05, 0) is 31.0 Å². The lowest BCUT2D eigenvalue weighted by Gasteiger charge is -2.19. The first kappa shape index (κ1) is 14.0. The van der Waals surface area contributed by atoms with Crippen molar-refractivity contribution in [3.05, 3.63) is 22.7 Å². The second-order valence-electron chi connectivity index (χ2n) is 4.23. The van der Waals surface area contributed by atoms with Crippen LogP contribution in [0.1, 0.15) is 12.8 Å². The molecule has 0 saturated heterocycles. The summed E-state index contributed by atoms with van der Waals surface area (Å²) in [4.78, 5) is 12.5. The normalized spacial score (nSPS) is 18.2. The number of esters is 1. The monoisotopic (exact) mass is 349 g/mol. The highest BCUT2D eigenvalue weighted by atomic mass is 79.9. The third-order valence-electron chi connectivity index (χ3n) is 2.90. The van der Waals surface area contributed by atoms with E-state index in [4.69, 9.17) is 22.1 Å². The molecule has 2 N–H and O–H groups in total. The largest absolute Gasteiger partial charge is 0.468 e. The number of anilines is 1. The Kier molecular flexibility index (Phi) is 4.14. The van der Waals surface area contributed by atoms with Crippen molar-refractivity contribution in [2.24, 2.45) is 0 Å². The van der Waals surface area contributed by atoms with E-state index >= 15 is 0 Å². The molecule has 1 saturated carbocycles. The van der Waals surface area contributed by atoms with Crippen LogP contribution in [0.4, 0.5) is 5.69 Å². The predicted octanol–water partition coefficient (Wildman–Crippen LogP) is 3.44. The highest BCUT2D eigenvalue weighted by Gasteiger charge is 2.53. The fourth-order valence-corrected chi connectivity index (χ4v) is 3.93. The summed E-state index contributed by atoms with van der Waals surface area (Å²) < 4.78 is 5.39. The van der Waals surface area contributed by atoms with Crippen LogP contribution in [-0.4, -0.2) is 23.2 Å².